The fourth-order valence-corrected chi connectivity index (χ4v) is 3.06. The first kappa shape index (κ1) is 13.4. The number of aliphatic imine (C=N–C) groups is 1. The summed E-state index contributed by atoms with van der Waals surface area (Å²) in [7, 11) is 0. The van der Waals surface area contributed by atoms with Crippen LogP contribution in [0.1, 0.15) is 19.4 Å². The molecular formula is C14H19FN2S. The number of hydrogen-bond acceptors (Lipinski definition) is 2. The molecule has 1 aromatic carbocycles. The van der Waals surface area contributed by atoms with Crippen LogP contribution in [0, 0.1) is 11.7 Å². The van der Waals surface area contributed by atoms with Crippen molar-refractivity contribution in [2.75, 3.05) is 12.3 Å². The highest BCUT2D eigenvalue weighted by Gasteiger charge is 2.22. The lowest BCUT2D eigenvalue weighted by Gasteiger charge is -2.13. The van der Waals surface area contributed by atoms with Gasteiger partial charge < -0.3 is 5.32 Å². The molecule has 1 heterocycles. The minimum absolute atomic E-state index is 0.173. The lowest BCUT2D eigenvalue weighted by molar-refractivity contribution is 0.503. The van der Waals surface area contributed by atoms with E-state index in [1.807, 2.05) is 6.07 Å². The second-order valence-corrected chi connectivity index (χ2v) is 5.88. The fraction of sp³-hybridized carbons (Fsp3) is 0.500. The van der Waals surface area contributed by atoms with Gasteiger partial charge in [0.15, 0.2) is 5.17 Å². The maximum absolute atomic E-state index is 13.0. The van der Waals surface area contributed by atoms with Gasteiger partial charge in [-0.3, -0.25) is 4.99 Å². The summed E-state index contributed by atoms with van der Waals surface area (Å²) >= 11 is 1.78. The molecule has 1 aliphatic rings. The highest BCUT2D eigenvalue weighted by Crippen LogP contribution is 2.19. The monoisotopic (exact) mass is 266 g/mol. The molecule has 4 heteroatoms. The molecule has 98 valence electrons. The molecule has 0 aliphatic carbocycles. The van der Waals surface area contributed by atoms with Gasteiger partial charge >= 0.3 is 0 Å². The zero-order valence-corrected chi connectivity index (χ0v) is 11.6. The van der Waals surface area contributed by atoms with E-state index in [-0.39, 0.29) is 5.82 Å². The lowest BCUT2D eigenvalue weighted by Crippen LogP contribution is -2.31. The number of benzene rings is 1. The average Bonchev–Trinajstić information content (AvgIpc) is 2.78. The molecule has 1 aromatic rings. The number of nitrogens with zero attached hydrogens (tertiary/aromatic N) is 1. The van der Waals surface area contributed by atoms with Crippen molar-refractivity contribution in [1.29, 1.82) is 0 Å². The van der Waals surface area contributed by atoms with Gasteiger partial charge in [-0.15, -0.1) is 0 Å². The van der Waals surface area contributed by atoms with Crippen LogP contribution in [0.25, 0.3) is 0 Å². The molecule has 0 bridgehead atoms. The third-order valence-corrected chi connectivity index (χ3v) is 4.10. The number of halogens is 1. The van der Waals surface area contributed by atoms with E-state index in [0.717, 1.165) is 22.9 Å². The molecule has 1 N–H and O–H groups in total. The van der Waals surface area contributed by atoms with Crippen LogP contribution in [0.15, 0.2) is 29.3 Å². The number of amidine groups is 1. The van der Waals surface area contributed by atoms with E-state index < -0.39 is 0 Å². The molecular weight excluding hydrogens is 247 g/mol. The van der Waals surface area contributed by atoms with Crippen LogP contribution in [-0.4, -0.2) is 23.5 Å². The van der Waals surface area contributed by atoms with Crippen LogP contribution >= 0.6 is 11.8 Å². The van der Waals surface area contributed by atoms with Crippen LogP contribution in [0.4, 0.5) is 4.39 Å². The van der Waals surface area contributed by atoms with Crippen molar-refractivity contribution in [2.24, 2.45) is 10.9 Å². The third kappa shape index (κ3) is 3.73. The summed E-state index contributed by atoms with van der Waals surface area (Å²) in [6, 6.07) is 7.26. The van der Waals surface area contributed by atoms with Gasteiger partial charge in [0.25, 0.3) is 0 Å². The zero-order chi connectivity index (χ0) is 13.0. The molecule has 0 spiro atoms. The molecule has 0 saturated carbocycles. The topological polar surface area (TPSA) is 24.4 Å². The average molecular weight is 266 g/mol. The molecule has 0 aromatic heterocycles. The predicted octanol–water partition coefficient (Wildman–Crippen LogP) is 3.09. The molecule has 1 aliphatic heterocycles. The summed E-state index contributed by atoms with van der Waals surface area (Å²) < 4.78 is 13.0. The fourth-order valence-electron chi connectivity index (χ4n) is 1.84. The van der Waals surface area contributed by atoms with Gasteiger partial charge in [0.2, 0.25) is 0 Å². The maximum Gasteiger partial charge on any atom is 0.156 e. The van der Waals surface area contributed by atoms with E-state index in [1.165, 1.54) is 6.07 Å². The molecule has 0 amide bonds. The summed E-state index contributed by atoms with van der Waals surface area (Å²) in [5.74, 6) is 1.55. The molecule has 18 heavy (non-hydrogen) atoms. The molecule has 0 unspecified atom stereocenters. The lowest BCUT2D eigenvalue weighted by atomic mass is 10.1. The van der Waals surface area contributed by atoms with Crippen molar-refractivity contribution >= 4 is 16.9 Å². The Morgan fingerprint density at radius 2 is 2.33 bits per heavy atom. The van der Waals surface area contributed by atoms with Crippen molar-refractivity contribution in [1.82, 2.24) is 5.32 Å². The summed E-state index contributed by atoms with van der Waals surface area (Å²) in [6.07, 6.45) is 0.788. The highest BCUT2D eigenvalue weighted by molar-refractivity contribution is 8.14. The number of thioether (sulfide) groups is 1. The minimum Gasteiger partial charge on any atom is -0.361 e. The third-order valence-electron chi connectivity index (χ3n) is 3.06. The molecule has 0 radical (unpaired) electrons. The number of nitrogens with one attached hydrogen (secondary N) is 1. The van der Waals surface area contributed by atoms with Gasteiger partial charge in [0.05, 0.1) is 0 Å². The smallest absolute Gasteiger partial charge is 0.156 e. The van der Waals surface area contributed by atoms with Gasteiger partial charge in [0.1, 0.15) is 5.82 Å². The van der Waals surface area contributed by atoms with Crippen molar-refractivity contribution in [3.63, 3.8) is 0 Å². The Balaban J connectivity index is 1.82. The Morgan fingerprint density at radius 1 is 1.50 bits per heavy atom. The van der Waals surface area contributed by atoms with Crippen LogP contribution in [0.5, 0.6) is 0 Å². The van der Waals surface area contributed by atoms with Crippen LogP contribution < -0.4 is 5.32 Å². The first-order valence-electron chi connectivity index (χ1n) is 6.33. The molecule has 2 rings (SSSR count). The number of hydrogen-bond donors (Lipinski definition) is 1. The van der Waals surface area contributed by atoms with E-state index >= 15 is 0 Å². The van der Waals surface area contributed by atoms with Crippen molar-refractivity contribution in [3.05, 3.63) is 35.6 Å². The second kappa shape index (κ2) is 6.23. The van der Waals surface area contributed by atoms with Crippen LogP contribution in [0.2, 0.25) is 0 Å². The first-order chi connectivity index (χ1) is 8.65. The van der Waals surface area contributed by atoms with Gasteiger partial charge in [-0.2, -0.15) is 0 Å². The first-order valence-corrected chi connectivity index (χ1v) is 7.32. The summed E-state index contributed by atoms with van der Waals surface area (Å²) in [4.78, 5) is 4.53. The van der Waals surface area contributed by atoms with E-state index in [4.69, 9.17) is 0 Å². The Hall–Kier alpha value is -1.03. The van der Waals surface area contributed by atoms with Gasteiger partial charge in [-0.1, -0.05) is 37.7 Å². The standard InChI is InChI=1S/C14H19FN2S/c1-10(2)13-9-18-14(17-13)16-7-6-11-4-3-5-12(15)8-11/h3-5,8,10,13H,6-7,9H2,1-2H3,(H,16,17)/t13-/m1/s1. The minimum atomic E-state index is -0.173. The highest BCUT2D eigenvalue weighted by atomic mass is 32.2. The van der Waals surface area contributed by atoms with Gasteiger partial charge in [-0.05, 0) is 30.0 Å². The largest absolute Gasteiger partial charge is 0.361 e. The van der Waals surface area contributed by atoms with Gasteiger partial charge in [-0.25, -0.2) is 4.39 Å². The summed E-state index contributed by atoms with van der Waals surface area (Å²) in [5, 5.41) is 4.46. The van der Waals surface area contributed by atoms with Gasteiger partial charge in [0, 0.05) is 18.3 Å². The van der Waals surface area contributed by atoms with E-state index in [2.05, 4.69) is 24.2 Å². The number of rotatable bonds is 4. The predicted molar refractivity (Wildman–Crippen MR) is 76.6 cm³/mol. The van der Waals surface area contributed by atoms with E-state index in [0.29, 0.717) is 18.5 Å². The Bertz CT molecular complexity index is 432. The SMILES string of the molecule is CC(C)[C@H]1CSC(=NCCc2cccc(F)c2)N1. The molecule has 2 nitrogen and oxygen atoms in total. The van der Waals surface area contributed by atoms with E-state index in [1.54, 1.807) is 23.9 Å². The molecule has 1 saturated heterocycles. The van der Waals surface area contributed by atoms with Crippen molar-refractivity contribution in [2.45, 2.75) is 26.3 Å². The van der Waals surface area contributed by atoms with E-state index in [9.17, 15) is 4.39 Å². The van der Waals surface area contributed by atoms with Crippen molar-refractivity contribution < 1.29 is 4.39 Å². The Kier molecular flexibility index (Phi) is 4.64. The second-order valence-electron chi connectivity index (χ2n) is 4.87. The zero-order valence-electron chi connectivity index (χ0n) is 10.8. The molecule has 1 atom stereocenters. The Labute approximate surface area is 112 Å². The van der Waals surface area contributed by atoms with Crippen LogP contribution in [0.3, 0.4) is 0 Å². The normalized spacial score (nSPS) is 21.6. The summed E-state index contributed by atoms with van der Waals surface area (Å²) in [6.45, 7) is 5.14. The quantitative estimate of drug-likeness (QED) is 0.905. The molecule has 1 fully saturated rings. The summed E-state index contributed by atoms with van der Waals surface area (Å²) in [5.41, 5.74) is 1.00. The Morgan fingerprint density at radius 3 is 3.00 bits per heavy atom. The maximum atomic E-state index is 13.0. The van der Waals surface area contributed by atoms with Crippen LogP contribution in [-0.2, 0) is 6.42 Å². The van der Waals surface area contributed by atoms with Crippen molar-refractivity contribution in [3.8, 4) is 0 Å².